The minimum atomic E-state index is -2.73. The lowest BCUT2D eigenvalue weighted by atomic mass is 9.75. The molecule has 1 atom stereocenters. The van der Waals surface area contributed by atoms with E-state index in [1.807, 2.05) is 0 Å². The molecule has 5 heteroatoms. The molecule has 3 aliphatic rings. The molecule has 1 saturated carbocycles. The largest absolute Gasteiger partial charge is 0.341 e. The molecule has 3 nitrogen and oxygen atoms in total. The molecule has 0 aromatic carbocycles. The van der Waals surface area contributed by atoms with Gasteiger partial charge in [0.05, 0.1) is 0 Å². The van der Waals surface area contributed by atoms with E-state index in [2.05, 4.69) is 18.7 Å². The van der Waals surface area contributed by atoms with Crippen molar-refractivity contribution in [2.24, 2.45) is 11.3 Å². The number of likely N-dealkylation sites (tertiary alicyclic amines) is 2. The number of hydrogen-bond acceptors (Lipinski definition) is 2. The van der Waals surface area contributed by atoms with E-state index in [1.54, 1.807) is 4.90 Å². The summed E-state index contributed by atoms with van der Waals surface area (Å²) in [5.74, 6) is -4.07. The van der Waals surface area contributed by atoms with E-state index in [0.717, 1.165) is 19.5 Å². The lowest BCUT2D eigenvalue weighted by Crippen LogP contribution is -2.62. The summed E-state index contributed by atoms with van der Waals surface area (Å²) in [7, 11) is 0. The van der Waals surface area contributed by atoms with E-state index in [9.17, 15) is 13.6 Å². The smallest absolute Gasteiger partial charge is 0.260 e. The van der Waals surface area contributed by atoms with Crippen molar-refractivity contribution in [3.8, 4) is 0 Å². The normalized spacial score (nSPS) is 32.0. The van der Waals surface area contributed by atoms with E-state index in [4.69, 9.17) is 0 Å². The molecule has 20 heavy (non-hydrogen) atoms. The Morgan fingerprint density at radius 2 is 1.85 bits per heavy atom. The maximum Gasteiger partial charge on any atom is 0.260 e. The lowest BCUT2D eigenvalue weighted by molar-refractivity contribution is -0.148. The maximum absolute atomic E-state index is 13.0. The Morgan fingerprint density at radius 1 is 1.20 bits per heavy atom. The zero-order chi connectivity index (χ0) is 14.5. The molecule has 1 aliphatic carbocycles. The average molecular weight is 286 g/mol. The molecule has 2 saturated heterocycles. The lowest BCUT2D eigenvalue weighted by Gasteiger charge is -2.52. The summed E-state index contributed by atoms with van der Waals surface area (Å²) in [6.07, 6.45) is 3.27. The number of amides is 1. The Bertz CT molecular complexity index is 405. The summed E-state index contributed by atoms with van der Waals surface area (Å²) in [5, 5.41) is 0. The van der Waals surface area contributed by atoms with Gasteiger partial charge in [-0.3, -0.25) is 4.79 Å². The van der Waals surface area contributed by atoms with Crippen LogP contribution in [0.5, 0.6) is 0 Å². The van der Waals surface area contributed by atoms with Crippen LogP contribution in [0.3, 0.4) is 0 Å². The Balaban J connectivity index is 1.58. The fraction of sp³-hybridized carbons (Fsp3) is 0.933. The molecule has 0 aromatic heterocycles. The van der Waals surface area contributed by atoms with Crippen LogP contribution in [0.2, 0.25) is 0 Å². The third kappa shape index (κ3) is 2.45. The van der Waals surface area contributed by atoms with Gasteiger partial charge >= 0.3 is 0 Å². The van der Waals surface area contributed by atoms with Crippen LogP contribution < -0.4 is 0 Å². The Labute approximate surface area is 119 Å². The standard InChI is InChI=1S/C15H24F2N2O/c1-11(2)18-6-4-3-5-14(8-18)9-19(10-14)13(20)12-7-15(12,16)17/h11-12H,3-10H2,1-2H3/t12-/m0/s1. The molecule has 0 aromatic rings. The van der Waals surface area contributed by atoms with Crippen molar-refractivity contribution in [3.63, 3.8) is 0 Å². The first-order chi connectivity index (χ1) is 9.33. The van der Waals surface area contributed by atoms with Gasteiger partial charge in [-0.25, -0.2) is 8.78 Å². The predicted octanol–water partition coefficient (Wildman–Crippen LogP) is 2.36. The van der Waals surface area contributed by atoms with Crippen LogP contribution in [0, 0.1) is 11.3 Å². The highest BCUT2D eigenvalue weighted by molar-refractivity contribution is 5.83. The minimum absolute atomic E-state index is 0.167. The second-order valence-corrected chi connectivity index (χ2v) is 7.23. The molecule has 114 valence electrons. The van der Waals surface area contributed by atoms with Gasteiger partial charge in [-0.15, -0.1) is 0 Å². The summed E-state index contributed by atoms with van der Waals surface area (Å²) < 4.78 is 26.0. The van der Waals surface area contributed by atoms with Gasteiger partial charge in [0.2, 0.25) is 5.91 Å². The third-order valence-corrected chi connectivity index (χ3v) is 5.16. The van der Waals surface area contributed by atoms with Crippen molar-refractivity contribution in [2.75, 3.05) is 26.2 Å². The van der Waals surface area contributed by atoms with Gasteiger partial charge in [0, 0.05) is 37.5 Å². The number of nitrogens with zero attached hydrogens (tertiary/aromatic N) is 2. The molecule has 1 spiro atoms. The Morgan fingerprint density at radius 3 is 2.40 bits per heavy atom. The Hall–Kier alpha value is -0.710. The second kappa shape index (κ2) is 4.65. The first kappa shape index (κ1) is 14.2. The van der Waals surface area contributed by atoms with Crippen LogP contribution in [0.25, 0.3) is 0 Å². The fourth-order valence-corrected chi connectivity index (χ4v) is 3.72. The molecule has 3 rings (SSSR count). The summed E-state index contributed by atoms with van der Waals surface area (Å²) in [6.45, 7) is 7.89. The summed E-state index contributed by atoms with van der Waals surface area (Å²) in [4.78, 5) is 16.1. The van der Waals surface area contributed by atoms with Crippen molar-refractivity contribution in [3.05, 3.63) is 0 Å². The number of carbonyl (C=O) groups excluding carboxylic acids is 1. The molecule has 0 unspecified atom stereocenters. The van der Waals surface area contributed by atoms with Crippen LogP contribution in [0.15, 0.2) is 0 Å². The molecule has 0 N–H and O–H groups in total. The first-order valence-corrected chi connectivity index (χ1v) is 7.74. The highest BCUT2D eigenvalue weighted by Crippen LogP contribution is 2.51. The number of halogens is 2. The molecule has 2 aliphatic heterocycles. The Kier molecular flexibility index (Phi) is 3.31. The molecule has 3 fully saturated rings. The topological polar surface area (TPSA) is 23.6 Å². The first-order valence-electron chi connectivity index (χ1n) is 7.74. The number of carbonyl (C=O) groups is 1. The van der Waals surface area contributed by atoms with Crippen LogP contribution in [0.4, 0.5) is 8.78 Å². The minimum Gasteiger partial charge on any atom is -0.341 e. The summed E-state index contributed by atoms with van der Waals surface area (Å²) in [5.41, 5.74) is 0.167. The van der Waals surface area contributed by atoms with Crippen molar-refractivity contribution in [2.45, 2.75) is 51.5 Å². The number of alkyl halides is 2. The van der Waals surface area contributed by atoms with E-state index >= 15 is 0 Å². The van der Waals surface area contributed by atoms with Gasteiger partial charge in [0.1, 0.15) is 5.92 Å². The van der Waals surface area contributed by atoms with Gasteiger partial charge in [0.25, 0.3) is 5.92 Å². The molecular weight excluding hydrogens is 262 g/mol. The van der Waals surface area contributed by atoms with Crippen molar-refractivity contribution >= 4 is 5.91 Å². The molecule has 0 bridgehead atoms. The van der Waals surface area contributed by atoms with Crippen molar-refractivity contribution < 1.29 is 13.6 Å². The van der Waals surface area contributed by atoms with Gasteiger partial charge in [-0.1, -0.05) is 6.42 Å². The van der Waals surface area contributed by atoms with E-state index in [-0.39, 0.29) is 17.7 Å². The van der Waals surface area contributed by atoms with Crippen LogP contribution >= 0.6 is 0 Å². The van der Waals surface area contributed by atoms with E-state index < -0.39 is 11.8 Å². The van der Waals surface area contributed by atoms with Crippen molar-refractivity contribution in [1.29, 1.82) is 0 Å². The fourth-order valence-electron chi connectivity index (χ4n) is 3.72. The monoisotopic (exact) mass is 286 g/mol. The molecule has 2 heterocycles. The molecule has 1 amide bonds. The van der Waals surface area contributed by atoms with Crippen LogP contribution in [0.1, 0.15) is 39.5 Å². The van der Waals surface area contributed by atoms with Gasteiger partial charge in [-0.2, -0.15) is 0 Å². The zero-order valence-corrected chi connectivity index (χ0v) is 12.4. The third-order valence-electron chi connectivity index (χ3n) is 5.16. The van der Waals surface area contributed by atoms with Gasteiger partial charge in [-0.05, 0) is 33.2 Å². The highest BCUT2D eigenvalue weighted by atomic mass is 19.3. The number of rotatable bonds is 2. The SMILES string of the molecule is CC(C)N1CCCCC2(CN(C(=O)[C@@H]3CC3(F)F)C2)C1. The number of hydrogen-bond donors (Lipinski definition) is 0. The summed E-state index contributed by atoms with van der Waals surface area (Å²) >= 11 is 0. The predicted molar refractivity (Wildman–Crippen MR) is 72.6 cm³/mol. The molecular formula is C15H24F2N2O. The zero-order valence-electron chi connectivity index (χ0n) is 12.4. The van der Waals surface area contributed by atoms with Gasteiger partial charge < -0.3 is 9.80 Å². The van der Waals surface area contributed by atoms with Crippen molar-refractivity contribution in [1.82, 2.24) is 9.80 Å². The molecule has 0 radical (unpaired) electrons. The van der Waals surface area contributed by atoms with Crippen LogP contribution in [-0.2, 0) is 4.79 Å². The highest BCUT2D eigenvalue weighted by Gasteiger charge is 2.64. The van der Waals surface area contributed by atoms with Crippen LogP contribution in [-0.4, -0.2) is 53.9 Å². The second-order valence-electron chi connectivity index (χ2n) is 7.23. The van der Waals surface area contributed by atoms with E-state index in [0.29, 0.717) is 19.1 Å². The maximum atomic E-state index is 13.0. The quantitative estimate of drug-likeness (QED) is 0.778. The summed E-state index contributed by atoms with van der Waals surface area (Å²) in [6, 6.07) is 0.516. The van der Waals surface area contributed by atoms with Gasteiger partial charge in [0.15, 0.2) is 0 Å². The average Bonchev–Trinajstić information content (AvgIpc) is 3.01. The van der Waals surface area contributed by atoms with E-state index in [1.165, 1.54) is 12.8 Å².